The minimum Gasteiger partial charge on any atom is -0.662 e. The number of amidine groups is 1. The summed E-state index contributed by atoms with van der Waals surface area (Å²) >= 11 is 22.0. The number of ether oxygens (including phenoxy) is 2. The number of esters is 2. The van der Waals surface area contributed by atoms with Crippen LogP contribution in [0.5, 0.6) is 0 Å². The topological polar surface area (TPSA) is 195 Å². The second-order valence-corrected chi connectivity index (χ2v) is 14.2. The molecule has 4 aromatic carbocycles. The number of aliphatic hydroxyl groups excluding tert-OH is 1. The van der Waals surface area contributed by atoms with E-state index < -0.39 is 17.7 Å². The van der Waals surface area contributed by atoms with Crippen molar-refractivity contribution in [3.63, 3.8) is 0 Å². The van der Waals surface area contributed by atoms with E-state index in [9.17, 15) is 14.4 Å². The number of nitrogens with two attached hydrogens (primary N) is 1. The van der Waals surface area contributed by atoms with Gasteiger partial charge in [0.2, 0.25) is 5.78 Å². The Morgan fingerprint density at radius 2 is 1.33 bits per heavy atom. The Bertz CT molecular complexity index is 2080. The minimum absolute atomic E-state index is 0. The first-order chi connectivity index (χ1) is 28.3. The van der Waals surface area contributed by atoms with E-state index in [-0.39, 0.29) is 60.3 Å². The van der Waals surface area contributed by atoms with Crippen molar-refractivity contribution < 1.29 is 73.5 Å². The van der Waals surface area contributed by atoms with Crippen LogP contribution in [0.25, 0.3) is 11.4 Å². The Balaban J connectivity index is 0.000000867. The zero-order valence-electron chi connectivity index (χ0n) is 33.2. The number of nitrogens with zero attached hydrogens (tertiary/aromatic N) is 3. The zero-order chi connectivity index (χ0) is 44.2. The van der Waals surface area contributed by atoms with Gasteiger partial charge in [0.05, 0.1) is 31.6 Å². The van der Waals surface area contributed by atoms with Gasteiger partial charge in [-0.3, -0.25) is 14.6 Å². The van der Waals surface area contributed by atoms with Gasteiger partial charge in [0.15, 0.2) is 5.69 Å². The average molecular weight is 1070 g/mol. The van der Waals surface area contributed by atoms with Crippen molar-refractivity contribution in [3.05, 3.63) is 145 Å². The number of hydrogen-bond donors (Lipinski definition) is 2. The Morgan fingerprint density at radius 3 is 1.80 bits per heavy atom. The van der Waals surface area contributed by atoms with Crippen LogP contribution in [0.1, 0.15) is 48.0 Å². The fourth-order valence-corrected chi connectivity index (χ4v) is 5.40. The van der Waals surface area contributed by atoms with Crippen LogP contribution in [0, 0.1) is 0 Å². The van der Waals surface area contributed by atoms with Gasteiger partial charge in [-0.05, 0) is 68.3 Å². The molecule has 0 spiro atoms. The molecule has 0 amide bonds. The number of aromatic nitrogens is 2. The molecule has 316 valence electrons. The average Bonchev–Trinajstić information content (AvgIpc) is 3.66. The third-order valence-electron chi connectivity index (χ3n) is 6.84. The van der Waals surface area contributed by atoms with Crippen LogP contribution in [-0.2, 0) is 41.8 Å². The molecule has 5 rings (SSSR count). The van der Waals surface area contributed by atoms with E-state index in [4.69, 9.17) is 48.8 Å². The van der Waals surface area contributed by atoms with Crippen LogP contribution in [0.4, 0.5) is 0 Å². The van der Waals surface area contributed by atoms with Crippen LogP contribution >= 0.6 is 71.0 Å². The normalized spacial score (nSPS) is 9.87. The number of aliphatic hydroxyl groups is 1. The summed E-state index contributed by atoms with van der Waals surface area (Å²) in [6, 6.07) is 30.8. The summed E-state index contributed by atoms with van der Waals surface area (Å²) in [6.45, 7) is 6.73. The summed E-state index contributed by atoms with van der Waals surface area (Å²) in [4.78, 5) is 52.9. The van der Waals surface area contributed by atoms with Gasteiger partial charge in [-0.25, -0.2) is 14.6 Å². The molecule has 0 aliphatic heterocycles. The molecule has 0 aliphatic carbocycles. The third kappa shape index (κ3) is 21.9. The minimum atomic E-state index is -0.769. The molecular formula is C41H42Br3Cl2N4NaO9. The molecule has 13 nitrogen and oxygen atoms in total. The molecule has 0 unspecified atom stereocenters. The van der Waals surface area contributed by atoms with Gasteiger partial charge >= 0.3 is 41.5 Å². The van der Waals surface area contributed by atoms with Crippen LogP contribution in [0.3, 0.4) is 0 Å². The van der Waals surface area contributed by atoms with Crippen molar-refractivity contribution in [2.45, 2.75) is 33.9 Å². The maximum absolute atomic E-state index is 12.1. The molecule has 60 heavy (non-hydrogen) atoms. The number of imidazole rings is 1. The SMILES string of the molecule is CCO.CCOC(=O)C(=O)CBr.CCOC(=O)c1cn(Cc2ccccc2Cl)c(-c2ccc(Br)cc2)n1.NC(=NCc1ccccc1Cl)c1ccc(Br)cc1.O=CO[O-].[Na+]. The summed E-state index contributed by atoms with van der Waals surface area (Å²) < 4.78 is 13.4. The number of benzene rings is 4. The molecule has 19 heteroatoms. The van der Waals surface area contributed by atoms with Crippen LogP contribution in [0.15, 0.2) is 117 Å². The number of carbonyl (C=O) groups excluding carboxylic acids is 4. The predicted molar refractivity (Wildman–Crippen MR) is 237 cm³/mol. The van der Waals surface area contributed by atoms with Gasteiger partial charge in [-0.15, -0.1) is 0 Å². The molecular weight excluding hydrogens is 1030 g/mol. The first-order valence-corrected chi connectivity index (χ1v) is 20.9. The second kappa shape index (κ2) is 33.2. The van der Waals surface area contributed by atoms with Crippen molar-refractivity contribution >= 4 is 101 Å². The number of rotatable bonds is 12. The van der Waals surface area contributed by atoms with E-state index in [1.807, 2.05) is 102 Å². The molecule has 0 saturated carbocycles. The molecule has 3 N–H and O–H groups in total. The van der Waals surface area contributed by atoms with Crippen molar-refractivity contribution in [1.82, 2.24) is 9.55 Å². The van der Waals surface area contributed by atoms with Crippen molar-refractivity contribution in [1.29, 1.82) is 0 Å². The summed E-state index contributed by atoms with van der Waals surface area (Å²) in [7, 11) is 0. The maximum Gasteiger partial charge on any atom is 1.00 e. The van der Waals surface area contributed by atoms with Crippen LogP contribution < -0.4 is 40.5 Å². The molecule has 1 aromatic heterocycles. The zero-order valence-corrected chi connectivity index (χ0v) is 41.4. The monoisotopic (exact) mass is 1060 g/mol. The van der Waals surface area contributed by atoms with Gasteiger partial charge in [0.1, 0.15) is 11.7 Å². The number of hydrogen-bond acceptors (Lipinski definition) is 11. The molecule has 5 aromatic rings. The quantitative estimate of drug-likeness (QED) is 0.0193. The third-order valence-corrected chi connectivity index (χ3v) is 9.15. The summed E-state index contributed by atoms with van der Waals surface area (Å²) in [6.07, 6.45) is 1.71. The standard InChI is InChI=1S/C19H16BrClN2O2.C14H12BrClN2.C5H7BrO3.C2H6O.CH2O3.Na/c1-2-25-19(24)17-12-23(11-14-5-3-4-6-16(14)21)18(22-17)13-7-9-15(20)10-8-13;15-12-7-5-10(6-8-12)14(17)18-9-11-3-1-2-4-13(11)16;1-2-9-5(8)4(7)3-6;1-2-3;2-1-4-3;/h3-10,12H,2,11H2,1H3;1-8H,9H2,(H2,17,18);2-3H2,1H3;3H,2H2,1H3;1,3H;/q;;;;;+1/p-1. The Labute approximate surface area is 406 Å². The van der Waals surface area contributed by atoms with Gasteiger partial charge in [0.25, 0.3) is 6.47 Å². The summed E-state index contributed by atoms with van der Waals surface area (Å²) in [5, 5.41) is 17.4. The van der Waals surface area contributed by atoms with Gasteiger partial charge in [-0.1, -0.05) is 132 Å². The molecule has 0 aliphatic rings. The first-order valence-electron chi connectivity index (χ1n) is 17.4. The van der Waals surface area contributed by atoms with E-state index in [1.54, 1.807) is 27.0 Å². The Morgan fingerprint density at radius 1 is 0.850 bits per heavy atom. The molecule has 1 heterocycles. The Kier molecular flexibility index (Phi) is 31.3. The molecule has 0 atom stereocenters. The van der Waals surface area contributed by atoms with E-state index in [2.05, 4.69) is 67.4 Å². The van der Waals surface area contributed by atoms with E-state index >= 15 is 0 Å². The second-order valence-electron chi connectivity index (χ2n) is 11.0. The fraction of sp³-hybridized carbons (Fsp3) is 0.220. The fourth-order valence-electron chi connectivity index (χ4n) is 4.25. The number of halogens is 5. The van der Waals surface area contributed by atoms with E-state index in [0.29, 0.717) is 41.4 Å². The summed E-state index contributed by atoms with van der Waals surface area (Å²) in [5.41, 5.74) is 9.96. The number of ketones is 1. The number of carbonyl (C=O) groups is 4. The van der Waals surface area contributed by atoms with Gasteiger partial charge in [0, 0.05) is 42.9 Å². The van der Waals surface area contributed by atoms with Crippen molar-refractivity contribution in [3.8, 4) is 11.4 Å². The van der Waals surface area contributed by atoms with Gasteiger partial charge in [-0.2, -0.15) is 0 Å². The van der Waals surface area contributed by atoms with Crippen molar-refractivity contribution in [2.24, 2.45) is 10.7 Å². The molecule has 0 saturated heterocycles. The Hall–Kier alpha value is -3.42. The number of aliphatic imine (C=N–C) groups is 1. The van der Waals surface area contributed by atoms with Gasteiger partial charge < -0.3 is 35.0 Å². The van der Waals surface area contributed by atoms with E-state index in [0.717, 1.165) is 31.2 Å². The predicted octanol–water partition coefficient (Wildman–Crippen LogP) is 5.15. The van der Waals surface area contributed by atoms with Crippen LogP contribution in [0.2, 0.25) is 10.0 Å². The van der Waals surface area contributed by atoms with Crippen molar-refractivity contribution in [2.75, 3.05) is 25.2 Å². The molecule has 0 radical (unpaired) electrons. The van der Waals surface area contributed by atoms with Crippen LogP contribution in [-0.4, -0.2) is 69.8 Å². The summed E-state index contributed by atoms with van der Waals surface area (Å²) in [5.74, 6) is -0.539. The largest absolute Gasteiger partial charge is 1.00 e. The molecule has 0 fully saturated rings. The number of alkyl halides is 1. The smallest absolute Gasteiger partial charge is 0.662 e. The van der Waals surface area contributed by atoms with E-state index in [1.165, 1.54) is 0 Å². The maximum atomic E-state index is 12.1. The molecule has 0 bridgehead atoms. The first kappa shape index (κ1) is 56.6. The number of Topliss-reactive ketones (excluding diaryl/α,β-unsaturated/α-hetero) is 1.